The Morgan fingerprint density at radius 2 is 1.64 bits per heavy atom. The average Bonchev–Trinajstić information content (AvgIpc) is 1.88. The van der Waals surface area contributed by atoms with Crippen molar-refractivity contribution in [2.45, 2.75) is 0 Å². The van der Waals surface area contributed by atoms with Crippen molar-refractivity contribution in [2.75, 3.05) is 0 Å². The molecule has 3 nitrogen and oxygen atoms in total. The molecule has 0 unspecified atom stereocenters. The fourth-order valence-corrected chi connectivity index (χ4v) is 0.823. The summed E-state index contributed by atoms with van der Waals surface area (Å²) in [6, 6.07) is 8.30. The van der Waals surface area contributed by atoms with E-state index < -0.39 is 11.0 Å². The molecule has 5 heteroatoms. The van der Waals surface area contributed by atoms with Crippen LogP contribution in [0.4, 0.5) is 0 Å². The van der Waals surface area contributed by atoms with Crippen LogP contribution >= 0.6 is 0 Å². The molecular formula is C6H5O3SZn-. The van der Waals surface area contributed by atoms with Crippen molar-refractivity contribution in [2.24, 2.45) is 0 Å². The molecular weight excluding hydrogens is 218 g/mol. The fourth-order valence-electron chi connectivity index (χ4n) is 0.555. The van der Waals surface area contributed by atoms with Gasteiger partial charge in [-0.1, -0.05) is 18.2 Å². The molecule has 0 fully saturated rings. The number of hydrogen-bond acceptors (Lipinski definition) is 4. The second-order valence-corrected chi connectivity index (χ2v) is 2.18. The van der Waals surface area contributed by atoms with Crippen LogP contribution in [0.3, 0.4) is 0 Å². The Hall–Kier alpha value is -0.407. The first kappa shape index (κ1) is 10.6. The monoisotopic (exact) mass is 221 g/mol. The molecule has 0 saturated carbocycles. The Bertz CT molecular complexity index is 262. The molecule has 0 aromatic heterocycles. The van der Waals surface area contributed by atoms with Gasteiger partial charge >= 0.3 is 0 Å². The van der Waals surface area contributed by atoms with Crippen LogP contribution in [0.15, 0.2) is 30.3 Å². The van der Waals surface area contributed by atoms with Gasteiger partial charge in [0.15, 0.2) is 0 Å². The van der Waals surface area contributed by atoms with Gasteiger partial charge in [-0.25, -0.2) is 0 Å². The van der Waals surface area contributed by atoms with Gasteiger partial charge in [0, 0.05) is 19.5 Å². The number of para-hydroxylation sites is 1. The molecule has 1 aromatic carbocycles. The van der Waals surface area contributed by atoms with E-state index >= 15 is 0 Å². The van der Waals surface area contributed by atoms with E-state index in [4.69, 9.17) is 0 Å². The molecule has 11 heavy (non-hydrogen) atoms. The van der Waals surface area contributed by atoms with Crippen molar-refractivity contribution in [3.05, 3.63) is 30.3 Å². The molecule has 1 rings (SSSR count). The van der Waals surface area contributed by atoms with E-state index in [-0.39, 0.29) is 19.5 Å². The third-order valence-electron chi connectivity index (χ3n) is 0.907. The molecule has 0 bridgehead atoms. The molecule has 0 saturated heterocycles. The molecule has 0 aliphatic carbocycles. The third kappa shape index (κ3) is 4.12. The van der Waals surface area contributed by atoms with Crippen LogP contribution in [0.5, 0.6) is 5.75 Å². The van der Waals surface area contributed by atoms with E-state index in [1.54, 1.807) is 30.3 Å². The van der Waals surface area contributed by atoms with Crippen LogP contribution in [-0.2, 0) is 38.9 Å². The molecule has 0 heterocycles. The Morgan fingerprint density at radius 3 is 2.09 bits per heavy atom. The van der Waals surface area contributed by atoms with E-state index in [1.807, 2.05) is 0 Å². The summed E-state index contributed by atoms with van der Waals surface area (Å²) in [4.78, 5) is 0. The van der Waals surface area contributed by atoms with Crippen LogP contribution in [0.1, 0.15) is 0 Å². The Kier molecular flexibility index (Phi) is 5.08. The number of rotatable bonds is 2. The smallest absolute Gasteiger partial charge is 0.103 e. The van der Waals surface area contributed by atoms with E-state index in [1.165, 1.54) is 0 Å². The van der Waals surface area contributed by atoms with Crippen molar-refractivity contribution in [1.29, 1.82) is 0 Å². The zero-order valence-electron chi connectivity index (χ0n) is 5.73. The van der Waals surface area contributed by atoms with Crippen molar-refractivity contribution < 1.29 is 32.1 Å². The van der Waals surface area contributed by atoms with Gasteiger partial charge in [0.1, 0.15) is 16.7 Å². The Labute approximate surface area is 79.3 Å². The summed E-state index contributed by atoms with van der Waals surface area (Å²) < 4.78 is 24.2. The summed E-state index contributed by atoms with van der Waals surface area (Å²) in [5, 5.41) is 0. The minimum absolute atomic E-state index is 0. The van der Waals surface area contributed by atoms with Gasteiger partial charge in [0.2, 0.25) is 0 Å². The van der Waals surface area contributed by atoms with Crippen molar-refractivity contribution >= 4 is 11.0 Å². The summed E-state index contributed by atoms with van der Waals surface area (Å²) in [5.74, 6) is 0.329. The van der Waals surface area contributed by atoms with Gasteiger partial charge < -0.3 is 12.6 Å². The van der Waals surface area contributed by atoms with Crippen LogP contribution in [-0.4, -0.2) is 0 Å². The predicted octanol–water partition coefficient (Wildman–Crippen LogP) is 1.29. The van der Waals surface area contributed by atoms with E-state index in [0.29, 0.717) is 5.75 Å². The zero-order chi connectivity index (χ0) is 7.40. The van der Waals surface area contributed by atoms with Crippen LogP contribution in [0, 0.1) is 0 Å². The average molecular weight is 223 g/mol. The van der Waals surface area contributed by atoms with Gasteiger partial charge in [-0.2, -0.15) is 0 Å². The molecule has 0 amide bonds. The van der Waals surface area contributed by atoms with Gasteiger partial charge in [0.25, 0.3) is 0 Å². The van der Waals surface area contributed by atoms with E-state index in [0.717, 1.165) is 0 Å². The predicted molar refractivity (Wildman–Crippen MR) is 35.8 cm³/mol. The molecule has 56 valence electrons. The molecule has 0 spiro atoms. The summed E-state index contributed by atoms with van der Waals surface area (Å²) in [6.07, 6.45) is 0. The second-order valence-electron chi connectivity index (χ2n) is 1.60. The second kappa shape index (κ2) is 5.27. The fraction of sp³-hybridized carbons (Fsp3) is 0. The standard InChI is InChI=1S/C6H5O3S.Zn/c7-10(8)9-6-4-2-1-3-5-6;/h1-5H;/q-1;. The van der Waals surface area contributed by atoms with Gasteiger partial charge in [-0.3, -0.25) is 0 Å². The summed E-state index contributed by atoms with van der Waals surface area (Å²) in [6.45, 7) is 0. The summed E-state index contributed by atoms with van der Waals surface area (Å²) >= 11 is 0. The third-order valence-corrected chi connectivity index (χ3v) is 1.24. The summed E-state index contributed by atoms with van der Waals surface area (Å²) in [5.41, 5.74) is 0. The van der Waals surface area contributed by atoms with Crippen LogP contribution in [0.2, 0.25) is 0 Å². The minimum atomic E-state index is -2.47. The quantitative estimate of drug-likeness (QED) is 0.559. The largest absolute Gasteiger partial charge is 0.533 e. The number of benzene rings is 1. The SMILES string of the molecule is O=[S-](=O)Oc1ccccc1.[Zn]. The van der Waals surface area contributed by atoms with Crippen molar-refractivity contribution in [3.8, 4) is 5.75 Å². The Balaban J connectivity index is 0.000001000. The van der Waals surface area contributed by atoms with Crippen LogP contribution in [0.25, 0.3) is 0 Å². The Morgan fingerprint density at radius 1 is 1.09 bits per heavy atom. The molecule has 0 radical (unpaired) electrons. The van der Waals surface area contributed by atoms with Crippen LogP contribution < -0.4 is 4.18 Å². The first-order valence-electron chi connectivity index (χ1n) is 2.61. The topological polar surface area (TPSA) is 43.4 Å². The zero-order valence-corrected chi connectivity index (χ0v) is 9.51. The van der Waals surface area contributed by atoms with E-state index in [2.05, 4.69) is 4.18 Å². The maximum absolute atomic E-state index is 9.95. The maximum atomic E-state index is 9.95. The summed E-state index contributed by atoms with van der Waals surface area (Å²) in [7, 11) is -2.47. The van der Waals surface area contributed by atoms with Gasteiger partial charge in [-0.15, -0.1) is 0 Å². The van der Waals surface area contributed by atoms with Crippen molar-refractivity contribution in [1.82, 2.24) is 0 Å². The van der Waals surface area contributed by atoms with Gasteiger partial charge in [-0.05, 0) is 12.1 Å². The maximum Gasteiger partial charge on any atom is 0.103 e. The normalized spacial score (nSPS) is 8.82. The van der Waals surface area contributed by atoms with E-state index in [9.17, 15) is 8.42 Å². The molecule has 0 aliphatic rings. The first-order chi connectivity index (χ1) is 4.79. The van der Waals surface area contributed by atoms with Gasteiger partial charge in [0.05, 0.1) is 0 Å². The molecule has 0 N–H and O–H groups in total. The minimum Gasteiger partial charge on any atom is -0.533 e. The number of hydrogen-bond donors (Lipinski definition) is 0. The molecule has 0 aliphatic heterocycles. The first-order valence-corrected chi connectivity index (χ1v) is 3.61. The van der Waals surface area contributed by atoms with Crippen molar-refractivity contribution in [3.63, 3.8) is 0 Å². The molecule has 0 atom stereocenters. The molecule has 1 aromatic rings.